The first-order chi connectivity index (χ1) is 7.27. The molecule has 0 amide bonds. The van der Waals surface area contributed by atoms with Crippen molar-refractivity contribution in [2.45, 2.75) is 25.5 Å². The van der Waals surface area contributed by atoms with Gasteiger partial charge in [-0.25, -0.2) is 0 Å². The van der Waals surface area contributed by atoms with Gasteiger partial charge in [0.15, 0.2) is 0 Å². The third kappa shape index (κ3) is 1.61. The normalized spacial score (nSPS) is 23.6. The van der Waals surface area contributed by atoms with E-state index in [9.17, 15) is 10.0 Å². The van der Waals surface area contributed by atoms with Crippen molar-refractivity contribution < 1.29 is 5.11 Å². The van der Waals surface area contributed by atoms with E-state index < -0.39 is 6.10 Å². The van der Waals surface area contributed by atoms with Gasteiger partial charge in [-0.05, 0) is 24.5 Å². The van der Waals surface area contributed by atoms with E-state index in [-0.39, 0.29) is 6.04 Å². The third-order valence-electron chi connectivity index (χ3n) is 2.98. The molecule has 80 valence electrons. The molecule has 0 saturated carbocycles. The quantitative estimate of drug-likeness (QED) is 0.604. The van der Waals surface area contributed by atoms with E-state index in [1.165, 1.54) is 5.01 Å². The summed E-state index contributed by atoms with van der Waals surface area (Å²) in [6.45, 7) is 2.39. The Morgan fingerprint density at radius 1 is 1.53 bits per heavy atom. The highest BCUT2D eigenvalue weighted by molar-refractivity contribution is 5.35. The van der Waals surface area contributed by atoms with E-state index in [0.29, 0.717) is 13.0 Å². The van der Waals surface area contributed by atoms with E-state index in [1.807, 2.05) is 31.2 Å². The molecule has 0 radical (unpaired) electrons. The fourth-order valence-electron chi connectivity index (χ4n) is 2.17. The second-order valence-corrected chi connectivity index (χ2v) is 3.75. The zero-order valence-electron chi connectivity index (χ0n) is 8.63. The molecular formula is C11H14N2O2. The minimum Gasteiger partial charge on any atom is -0.386 e. The standard InChI is InChI=1S/C11H14N2O2/c1-2-13(12-15)10-7-8-5-3-4-6-9(8)11(10)14/h3-6,10-11,14H,2,7H2,1H3/t10-,11-/m1/s1. The van der Waals surface area contributed by atoms with Crippen LogP contribution in [0.2, 0.25) is 0 Å². The van der Waals surface area contributed by atoms with Gasteiger partial charge in [0.25, 0.3) is 0 Å². The predicted octanol–water partition coefficient (Wildman–Crippen LogP) is 1.65. The van der Waals surface area contributed by atoms with Crippen molar-refractivity contribution >= 4 is 0 Å². The molecule has 2 atom stereocenters. The molecule has 1 aliphatic rings. The monoisotopic (exact) mass is 206 g/mol. The van der Waals surface area contributed by atoms with Crippen molar-refractivity contribution in [3.63, 3.8) is 0 Å². The molecule has 1 N–H and O–H groups in total. The Kier molecular flexibility index (Phi) is 2.68. The van der Waals surface area contributed by atoms with Gasteiger partial charge in [0, 0.05) is 6.54 Å². The number of nitroso groups, excluding NO2 is 1. The van der Waals surface area contributed by atoms with Crippen LogP contribution in [0.4, 0.5) is 0 Å². The number of fused-ring (bicyclic) bond motifs is 1. The van der Waals surface area contributed by atoms with Crippen LogP contribution in [0.15, 0.2) is 29.6 Å². The number of nitrogens with zero attached hydrogens (tertiary/aromatic N) is 2. The van der Waals surface area contributed by atoms with Crippen LogP contribution in [0.1, 0.15) is 24.2 Å². The molecule has 1 aromatic rings. The molecule has 2 rings (SSSR count). The molecule has 0 heterocycles. The van der Waals surface area contributed by atoms with E-state index in [1.54, 1.807) is 0 Å². The lowest BCUT2D eigenvalue weighted by atomic mass is 10.1. The van der Waals surface area contributed by atoms with Crippen LogP contribution in [0.25, 0.3) is 0 Å². The van der Waals surface area contributed by atoms with E-state index >= 15 is 0 Å². The fraction of sp³-hybridized carbons (Fsp3) is 0.455. The number of rotatable bonds is 3. The van der Waals surface area contributed by atoms with E-state index in [2.05, 4.69) is 5.29 Å². The average Bonchev–Trinajstić information content (AvgIpc) is 2.60. The Hall–Kier alpha value is -1.42. The topological polar surface area (TPSA) is 52.9 Å². The summed E-state index contributed by atoms with van der Waals surface area (Å²) >= 11 is 0. The Labute approximate surface area is 88.5 Å². The van der Waals surface area contributed by atoms with Crippen molar-refractivity contribution in [2.75, 3.05) is 6.54 Å². The van der Waals surface area contributed by atoms with Crippen LogP contribution in [-0.4, -0.2) is 22.7 Å². The summed E-state index contributed by atoms with van der Waals surface area (Å²) in [5, 5.41) is 14.4. The van der Waals surface area contributed by atoms with Crippen molar-refractivity contribution in [1.29, 1.82) is 0 Å². The van der Waals surface area contributed by atoms with Crippen LogP contribution in [0, 0.1) is 4.91 Å². The second-order valence-electron chi connectivity index (χ2n) is 3.75. The molecule has 0 aromatic heterocycles. The molecule has 15 heavy (non-hydrogen) atoms. The number of benzene rings is 1. The molecule has 0 aliphatic heterocycles. The third-order valence-corrected chi connectivity index (χ3v) is 2.98. The molecule has 1 aliphatic carbocycles. The zero-order chi connectivity index (χ0) is 10.8. The number of hydrogen-bond acceptors (Lipinski definition) is 3. The molecule has 1 aromatic carbocycles. The average molecular weight is 206 g/mol. The van der Waals surface area contributed by atoms with Crippen LogP contribution in [0.5, 0.6) is 0 Å². The summed E-state index contributed by atoms with van der Waals surface area (Å²) in [6, 6.07) is 7.52. The maximum absolute atomic E-state index is 10.6. The van der Waals surface area contributed by atoms with E-state index in [0.717, 1.165) is 11.1 Å². The number of likely N-dealkylation sites (N-methyl/N-ethyl adjacent to an activating group) is 1. The molecule has 0 spiro atoms. The van der Waals surface area contributed by atoms with Gasteiger partial charge in [-0.1, -0.05) is 24.3 Å². The van der Waals surface area contributed by atoms with Gasteiger partial charge in [-0.2, -0.15) is 0 Å². The number of hydrogen-bond donors (Lipinski definition) is 1. The van der Waals surface area contributed by atoms with Gasteiger partial charge in [0.1, 0.15) is 6.10 Å². The van der Waals surface area contributed by atoms with Gasteiger partial charge in [0.05, 0.1) is 11.3 Å². The summed E-state index contributed by atoms with van der Waals surface area (Å²) in [4.78, 5) is 10.6. The first-order valence-corrected chi connectivity index (χ1v) is 5.13. The summed E-state index contributed by atoms with van der Waals surface area (Å²) in [5.74, 6) is 0. The van der Waals surface area contributed by atoms with Gasteiger partial charge < -0.3 is 5.11 Å². The summed E-state index contributed by atoms with van der Waals surface area (Å²) in [5.41, 5.74) is 2.03. The fourth-order valence-corrected chi connectivity index (χ4v) is 2.17. The zero-order valence-corrected chi connectivity index (χ0v) is 8.63. The molecule has 0 fully saturated rings. The van der Waals surface area contributed by atoms with Gasteiger partial charge >= 0.3 is 0 Å². The number of aliphatic hydroxyl groups excluding tert-OH is 1. The van der Waals surface area contributed by atoms with Crippen LogP contribution < -0.4 is 0 Å². The van der Waals surface area contributed by atoms with Crippen molar-refractivity contribution in [3.05, 3.63) is 40.3 Å². The minimum absolute atomic E-state index is 0.204. The first-order valence-electron chi connectivity index (χ1n) is 5.13. The van der Waals surface area contributed by atoms with Crippen molar-refractivity contribution in [1.82, 2.24) is 5.01 Å². The maximum Gasteiger partial charge on any atom is 0.102 e. The lowest BCUT2D eigenvalue weighted by Gasteiger charge is -2.23. The second kappa shape index (κ2) is 3.98. The summed E-state index contributed by atoms with van der Waals surface area (Å²) in [7, 11) is 0. The van der Waals surface area contributed by atoms with Crippen molar-refractivity contribution in [2.24, 2.45) is 5.29 Å². The van der Waals surface area contributed by atoms with Crippen LogP contribution in [0.3, 0.4) is 0 Å². The summed E-state index contributed by atoms with van der Waals surface area (Å²) < 4.78 is 0. The van der Waals surface area contributed by atoms with Gasteiger partial charge in [-0.3, -0.25) is 5.01 Å². The predicted molar refractivity (Wildman–Crippen MR) is 57.1 cm³/mol. The minimum atomic E-state index is -0.598. The lowest BCUT2D eigenvalue weighted by molar-refractivity contribution is 0.0643. The molecule has 0 unspecified atom stereocenters. The van der Waals surface area contributed by atoms with Crippen LogP contribution in [-0.2, 0) is 6.42 Å². The maximum atomic E-state index is 10.6. The Bertz CT molecular complexity index is 367. The van der Waals surface area contributed by atoms with Crippen LogP contribution >= 0.6 is 0 Å². The Morgan fingerprint density at radius 2 is 2.27 bits per heavy atom. The molecule has 0 saturated heterocycles. The Morgan fingerprint density at radius 3 is 2.87 bits per heavy atom. The van der Waals surface area contributed by atoms with Gasteiger partial charge in [0.2, 0.25) is 0 Å². The lowest BCUT2D eigenvalue weighted by Crippen LogP contribution is -2.33. The van der Waals surface area contributed by atoms with E-state index in [4.69, 9.17) is 0 Å². The number of aliphatic hydroxyl groups is 1. The molecule has 4 heteroatoms. The first kappa shape index (κ1) is 10.1. The highest BCUT2D eigenvalue weighted by atomic mass is 16.3. The smallest absolute Gasteiger partial charge is 0.102 e. The van der Waals surface area contributed by atoms with Gasteiger partial charge in [-0.15, -0.1) is 4.91 Å². The van der Waals surface area contributed by atoms with Crippen molar-refractivity contribution in [3.8, 4) is 0 Å². The highest BCUT2D eigenvalue weighted by Crippen LogP contribution is 2.34. The molecule has 4 nitrogen and oxygen atoms in total. The highest BCUT2D eigenvalue weighted by Gasteiger charge is 2.34. The largest absolute Gasteiger partial charge is 0.386 e. The molecule has 0 bridgehead atoms. The summed E-state index contributed by atoms with van der Waals surface area (Å²) in [6.07, 6.45) is 0.0931. The Balaban J connectivity index is 2.26. The molecular weight excluding hydrogens is 192 g/mol. The SMILES string of the molecule is CCN(N=O)[C@@H]1Cc2ccccc2[C@H]1O.